The Morgan fingerprint density at radius 2 is 2.13 bits per heavy atom. The highest BCUT2D eigenvalue weighted by atomic mass is 35.5. The number of hydrogen-bond donors (Lipinski definition) is 2. The number of rotatable bonds is 4. The van der Waals surface area contributed by atoms with Crippen LogP contribution in [-0.2, 0) is 0 Å². The standard InChI is InChI=1S/C9H10ClF2NO2/c10-5-1-2-8(15-9(11)12)6(3-5)7(14)4-13/h1-3,7,9,14H,4,13H2/t7-/m1/s1. The average molecular weight is 238 g/mol. The fraction of sp³-hybridized carbons (Fsp3) is 0.333. The molecule has 1 aromatic rings. The molecule has 15 heavy (non-hydrogen) atoms. The minimum absolute atomic E-state index is 0.0973. The second-order valence-electron chi connectivity index (χ2n) is 2.81. The van der Waals surface area contributed by atoms with E-state index in [0.717, 1.165) is 0 Å². The van der Waals surface area contributed by atoms with E-state index in [1.54, 1.807) is 0 Å². The van der Waals surface area contributed by atoms with Crippen molar-refractivity contribution in [1.82, 2.24) is 0 Å². The van der Waals surface area contributed by atoms with Crippen LogP contribution in [0, 0.1) is 0 Å². The molecule has 0 unspecified atom stereocenters. The molecule has 0 fully saturated rings. The van der Waals surface area contributed by atoms with Crippen LogP contribution in [0.4, 0.5) is 8.78 Å². The lowest BCUT2D eigenvalue weighted by Crippen LogP contribution is -2.14. The number of halogens is 3. The predicted molar refractivity (Wildman–Crippen MR) is 52.1 cm³/mol. The van der Waals surface area contributed by atoms with Gasteiger partial charge >= 0.3 is 6.61 Å². The molecule has 0 aromatic heterocycles. The molecule has 0 radical (unpaired) electrons. The zero-order valence-electron chi connectivity index (χ0n) is 7.66. The van der Waals surface area contributed by atoms with Crippen molar-refractivity contribution in [3.63, 3.8) is 0 Å². The molecule has 0 amide bonds. The van der Waals surface area contributed by atoms with Crippen molar-refractivity contribution in [2.24, 2.45) is 5.73 Å². The van der Waals surface area contributed by atoms with Gasteiger partial charge < -0.3 is 15.6 Å². The Morgan fingerprint density at radius 3 is 2.67 bits per heavy atom. The lowest BCUT2D eigenvalue weighted by Gasteiger charge is -2.14. The summed E-state index contributed by atoms with van der Waals surface area (Å²) >= 11 is 5.66. The first-order valence-electron chi connectivity index (χ1n) is 4.17. The van der Waals surface area contributed by atoms with Crippen LogP contribution in [0.2, 0.25) is 5.02 Å². The van der Waals surface area contributed by atoms with E-state index in [4.69, 9.17) is 17.3 Å². The number of alkyl halides is 2. The van der Waals surface area contributed by atoms with Crippen LogP contribution in [-0.4, -0.2) is 18.3 Å². The molecule has 6 heteroatoms. The van der Waals surface area contributed by atoms with Crippen LogP contribution in [0.1, 0.15) is 11.7 Å². The molecule has 1 aromatic carbocycles. The maximum absolute atomic E-state index is 12.0. The summed E-state index contributed by atoms with van der Waals surface area (Å²) in [7, 11) is 0. The van der Waals surface area contributed by atoms with Gasteiger partial charge in [0.05, 0.1) is 6.10 Å². The number of benzene rings is 1. The fourth-order valence-electron chi connectivity index (χ4n) is 1.11. The van der Waals surface area contributed by atoms with Crippen molar-refractivity contribution in [1.29, 1.82) is 0 Å². The van der Waals surface area contributed by atoms with Gasteiger partial charge in [0, 0.05) is 17.1 Å². The molecule has 0 bridgehead atoms. The van der Waals surface area contributed by atoms with Gasteiger partial charge in [-0.3, -0.25) is 0 Å². The topological polar surface area (TPSA) is 55.5 Å². The van der Waals surface area contributed by atoms with Crippen molar-refractivity contribution < 1.29 is 18.6 Å². The van der Waals surface area contributed by atoms with Crippen LogP contribution in [0.15, 0.2) is 18.2 Å². The highest BCUT2D eigenvalue weighted by Crippen LogP contribution is 2.29. The molecule has 1 atom stereocenters. The number of aliphatic hydroxyl groups excluding tert-OH is 1. The molecule has 0 aliphatic heterocycles. The van der Waals surface area contributed by atoms with Crippen molar-refractivity contribution in [3.05, 3.63) is 28.8 Å². The SMILES string of the molecule is NC[C@@H](O)c1cc(Cl)ccc1OC(F)F. The Labute approximate surface area is 90.4 Å². The molecule has 0 spiro atoms. The summed E-state index contributed by atoms with van der Waals surface area (Å²) < 4.78 is 28.2. The van der Waals surface area contributed by atoms with E-state index < -0.39 is 12.7 Å². The molecule has 0 aliphatic carbocycles. The summed E-state index contributed by atoms with van der Waals surface area (Å²) in [6.07, 6.45) is -1.07. The predicted octanol–water partition coefficient (Wildman–Crippen LogP) is 1.93. The maximum atomic E-state index is 12.0. The Kier molecular flexibility index (Phi) is 4.26. The molecule has 0 saturated carbocycles. The normalized spacial score (nSPS) is 12.9. The van der Waals surface area contributed by atoms with Gasteiger partial charge in [-0.1, -0.05) is 11.6 Å². The van der Waals surface area contributed by atoms with Crippen molar-refractivity contribution in [2.45, 2.75) is 12.7 Å². The third kappa shape index (κ3) is 3.30. The first-order valence-corrected chi connectivity index (χ1v) is 4.54. The number of aliphatic hydroxyl groups is 1. The zero-order chi connectivity index (χ0) is 11.4. The van der Waals surface area contributed by atoms with Gasteiger partial charge in [0.15, 0.2) is 0 Å². The minimum atomic E-state index is -2.95. The van der Waals surface area contributed by atoms with Crippen molar-refractivity contribution >= 4 is 11.6 Å². The summed E-state index contributed by atoms with van der Waals surface area (Å²) in [4.78, 5) is 0. The quantitative estimate of drug-likeness (QED) is 0.841. The summed E-state index contributed by atoms with van der Waals surface area (Å²) in [5.41, 5.74) is 5.38. The molecule has 0 heterocycles. The van der Waals surface area contributed by atoms with Gasteiger partial charge in [0.1, 0.15) is 5.75 Å². The molecule has 0 aliphatic rings. The molecule has 84 valence electrons. The lowest BCUT2D eigenvalue weighted by atomic mass is 10.1. The highest BCUT2D eigenvalue weighted by Gasteiger charge is 2.15. The van der Waals surface area contributed by atoms with E-state index in [1.165, 1.54) is 18.2 Å². The van der Waals surface area contributed by atoms with Gasteiger partial charge in [-0.05, 0) is 18.2 Å². The summed E-state index contributed by atoms with van der Waals surface area (Å²) in [6, 6.07) is 4.01. The Balaban J connectivity index is 3.02. The molecule has 3 nitrogen and oxygen atoms in total. The third-order valence-electron chi connectivity index (χ3n) is 1.77. The first-order chi connectivity index (χ1) is 7.04. The van der Waals surface area contributed by atoms with E-state index in [-0.39, 0.29) is 17.9 Å². The van der Waals surface area contributed by atoms with Gasteiger partial charge in [0.25, 0.3) is 0 Å². The number of hydrogen-bond acceptors (Lipinski definition) is 3. The fourth-order valence-corrected chi connectivity index (χ4v) is 1.29. The van der Waals surface area contributed by atoms with E-state index in [9.17, 15) is 13.9 Å². The minimum Gasteiger partial charge on any atom is -0.434 e. The lowest BCUT2D eigenvalue weighted by molar-refractivity contribution is -0.0514. The monoisotopic (exact) mass is 237 g/mol. The second-order valence-corrected chi connectivity index (χ2v) is 3.25. The third-order valence-corrected chi connectivity index (χ3v) is 2.01. The maximum Gasteiger partial charge on any atom is 0.387 e. The molecule has 1 rings (SSSR count). The van der Waals surface area contributed by atoms with E-state index in [1.807, 2.05) is 0 Å². The second kappa shape index (κ2) is 5.25. The van der Waals surface area contributed by atoms with E-state index >= 15 is 0 Å². The first kappa shape index (κ1) is 12.2. The van der Waals surface area contributed by atoms with Gasteiger partial charge in [-0.25, -0.2) is 0 Å². The van der Waals surface area contributed by atoms with Crippen LogP contribution in [0.3, 0.4) is 0 Å². The Morgan fingerprint density at radius 1 is 1.47 bits per heavy atom. The Hall–Kier alpha value is -0.910. The van der Waals surface area contributed by atoms with Gasteiger partial charge in [-0.2, -0.15) is 8.78 Å². The van der Waals surface area contributed by atoms with Crippen molar-refractivity contribution in [2.75, 3.05) is 6.54 Å². The van der Waals surface area contributed by atoms with Crippen LogP contribution < -0.4 is 10.5 Å². The number of ether oxygens (including phenoxy) is 1. The van der Waals surface area contributed by atoms with Gasteiger partial charge in [-0.15, -0.1) is 0 Å². The molecular weight excluding hydrogens is 228 g/mol. The van der Waals surface area contributed by atoms with Crippen molar-refractivity contribution in [3.8, 4) is 5.75 Å². The summed E-state index contributed by atoms with van der Waals surface area (Å²) in [5.74, 6) is -0.118. The zero-order valence-corrected chi connectivity index (χ0v) is 8.42. The summed E-state index contributed by atoms with van der Waals surface area (Å²) in [5, 5.41) is 9.76. The summed E-state index contributed by atoms with van der Waals surface area (Å²) in [6.45, 7) is -3.05. The Bertz CT molecular complexity index is 336. The molecule has 3 N–H and O–H groups in total. The largest absolute Gasteiger partial charge is 0.434 e. The number of nitrogens with two attached hydrogens (primary N) is 1. The molecular formula is C9H10ClF2NO2. The molecule has 0 saturated heterocycles. The average Bonchev–Trinajstić information content (AvgIpc) is 2.19. The van der Waals surface area contributed by atoms with E-state index in [0.29, 0.717) is 5.02 Å². The highest BCUT2D eigenvalue weighted by molar-refractivity contribution is 6.30. The van der Waals surface area contributed by atoms with Crippen LogP contribution in [0.25, 0.3) is 0 Å². The van der Waals surface area contributed by atoms with Gasteiger partial charge in [0.2, 0.25) is 0 Å². The van der Waals surface area contributed by atoms with Crippen LogP contribution >= 0.6 is 11.6 Å². The van der Waals surface area contributed by atoms with E-state index in [2.05, 4.69) is 4.74 Å². The van der Waals surface area contributed by atoms with Crippen LogP contribution in [0.5, 0.6) is 5.75 Å². The smallest absolute Gasteiger partial charge is 0.387 e.